The van der Waals surface area contributed by atoms with E-state index in [4.69, 9.17) is 10.5 Å². The molecule has 6 nitrogen and oxygen atoms in total. The Morgan fingerprint density at radius 1 is 1.48 bits per heavy atom. The van der Waals surface area contributed by atoms with E-state index in [1.54, 1.807) is 7.11 Å². The molecule has 0 aliphatic rings. The summed E-state index contributed by atoms with van der Waals surface area (Å²) in [5, 5.41) is 0.283. The van der Waals surface area contributed by atoms with Gasteiger partial charge < -0.3 is 15.0 Å². The summed E-state index contributed by atoms with van der Waals surface area (Å²) in [6.45, 7) is 5.15. The number of rotatable bonds is 7. The highest BCUT2D eigenvalue weighted by molar-refractivity contribution is 7.99. The van der Waals surface area contributed by atoms with E-state index in [1.807, 2.05) is 24.5 Å². The average Bonchev–Trinajstić information content (AvgIpc) is 2.81. The van der Waals surface area contributed by atoms with Crippen LogP contribution < -0.4 is 5.73 Å². The van der Waals surface area contributed by atoms with Crippen LogP contribution in [0.4, 0.5) is 10.2 Å². The molecule has 0 unspecified atom stereocenters. The van der Waals surface area contributed by atoms with Crippen LogP contribution in [0.25, 0.3) is 0 Å². The van der Waals surface area contributed by atoms with Gasteiger partial charge in [0.25, 0.3) is 0 Å². The van der Waals surface area contributed by atoms with Crippen LogP contribution in [0.3, 0.4) is 0 Å². The molecule has 0 bridgehead atoms. The number of methoxy groups -OCH3 is 1. The third kappa shape index (κ3) is 4.08. The van der Waals surface area contributed by atoms with Gasteiger partial charge in [-0.25, -0.2) is 14.4 Å². The second kappa shape index (κ2) is 7.56. The third-order valence-corrected chi connectivity index (χ3v) is 4.34. The molecule has 0 saturated carbocycles. The minimum atomic E-state index is -0.664. The van der Waals surface area contributed by atoms with E-state index in [1.165, 1.54) is 0 Å². The Kier molecular flexibility index (Phi) is 5.73. The first-order valence-corrected chi connectivity index (χ1v) is 8.02. The molecule has 0 aliphatic carbocycles. The van der Waals surface area contributed by atoms with Crippen molar-refractivity contribution in [2.45, 2.75) is 25.5 Å². The third-order valence-electron chi connectivity index (χ3n) is 3.47. The van der Waals surface area contributed by atoms with Gasteiger partial charge in [0.1, 0.15) is 0 Å². The fourth-order valence-electron chi connectivity index (χ4n) is 2.25. The Hall–Kier alpha value is -1.93. The molecule has 2 heterocycles. The average molecular weight is 338 g/mol. The number of ether oxygens (including phenoxy) is 1. The second-order valence-electron chi connectivity index (χ2n) is 5.03. The van der Waals surface area contributed by atoms with E-state index in [0.29, 0.717) is 18.7 Å². The van der Waals surface area contributed by atoms with Crippen LogP contribution >= 0.6 is 11.8 Å². The van der Waals surface area contributed by atoms with Crippen molar-refractivity contribution in [3.05, 3.63) is 35.0 Å². The van der Waals surface area contributed by atoms with E-state index in [-0.39, 0.29) is 22.5 Å². The van der Waals surface area contributed by atoms with E-state index >= 15 is 0 Å². The van der Waals surface area contributed by atoms with E-state index in [2.05, 4.69) is 9.97 Å². The fourth-order valence-corrected chi connectivity index (χ4v) is 2.96. The van der Waals surface area contributed by atoms with Gasteiger partial charge >= 0.3 is 0 Å². The number of carbonyl (C=O) groups excluding carboxylic acids is 1. The van der Waals surface area contributed by atoms with Crippen LogP contribution in [0.2, 0.25) is 0 Å². The summed E-state index contributed by atoms with van der Waals surface area (Å²) in [5.41, 5.74) is 7.98. The number of carbonyl (C=O) groups is 1. The lowest BCUT2D eigenvalue weighted by Crippen LogP contribution is -2.10. The molecule has 2 aromatic rings. The van der Waals surface area contributed by atoms with Crippen molar-refractivity contribution >= 4 is 23.4 Å². The first-order valence-electron chi connectivity index (χ1n) is 7.03. The zero-order valence-electron chi connectivity index (χ0n) is 13.3. The lowest BCUT2D eigenvalue weighted by Gasteiger charge is -2.08. The van der Waals surface area contributed by atoms with Crippen molar-refractivity contribution in [3.63, 3.8) is 0 Å². The van der Waals surface area contributed by atoms with Crippen molar-refractivity contribution in [2.75, 3.05) is 25.2 Å². The number of hydrogen-bond donors (Lipinski definition) is 1. The summed E-state index contributed by atoms with van der Waals surface area (Å²) in [4.78, 5) is 20.0. The summed E-state index contributed by atoms with van der Waals surface area (Å²) in [5.74, 6) is -0.743. The van der Waals surface area contributed by atoms with E-state index in [9.17, 15) is 9.18 Å². The Morgan fingerprint density at radius 2 is 2.22 bits per heavy atom. The number of halogens is 1. The van der Waals surface area contributed by atoms with Crippen LogP contribution in [-0.4, -0.2) is 39.8 Å². The number of thioether (sulfide) groups is 1. The van der Waals surface area contributed by atoms with Crippen LogP contribution in [0, 0.1) is 19.7 Å². The molecule has 2 aromatic heterocycles. The minimum Gasteiger partial charge on any atom is -0.383 e. The fraction of sp³-hybridized carbons (Fsp3) is 0.400. The maximum absolute atomic E-state index is 13.0. The number of anilines is 1. The molecule has 0 aliphatic heterocycles. The smallest absolute Gasteiger partial charge is 0.190 e. The molecule has 124 valence electrons. The first kappa shape index (κ1) is 17.4. The summed E-state index contributed by atoms with van der Waals surface area (Å²) in [6.07, 6.45) is 1.01. The van der Waals surface area contributed by atoms with Gasteiger partial charge in [0.15, 0.2) is 22.6 Å². The molecule has 0 saturated heterocycles. The number of aryl methyl sites for hydroxylation is 1. The van der Waals surface area contributed by atoms with Gasteiger partial charge in [-0.2, -0.15) is 0 Å². The number of Topliss-reactive ketones (excluding diaryl/α,β-unsaturated/α-hetero) is 1. The van der Waals surface area contributed by atoms with Gasteiger partial charge in [-0.3, -0.25) is 4.79 Å². The Balaban J connectivity index is 2.07. The standard InChI is InChI=1S/C15H19FN4O2S/c1-9-6-11(10(2)20(9)4-5-22-3)13(21)8-23-15-18-7-12(16)14(17)19-15/h6-7H,4-5,8H2,1-3H3,(H2,17,18,19). The predicted molar refractivity (Wildman–Crippen MR) is 87.2 cm³/mol. The molecule has 8 heteroatoms. The van der Waals surface area contributed by atoms with Gasteiger partial charge in [0.05, 0.1) is 18.6 Å². The second-order valence-corrected chi connectivity index (χ2v) is 5.97. The van der Waals surface area contributed by atoms with Crippen LogP contribution in [0.1, 0.15) is 21.7 Å². The van der Waals surface area contributed by atoms with Gasteiger partial charge in [0, 0.05) is 30.6 Å². The summed E-state index contributed by atoms with van der Waals surface area (Å²) in [6, 6.07) is 1.87. The van der Waals surface area contributed by atoms with Crippen molar-refractivity contribution in [1.29, 1.82) is 0 Å². The number of nitrogen functional groups attached to an aromatic ring is 1. The number of nitrogens with zero attached hydrogens (tertiary/aromatic N) is 3. The molecule has 0 spiro atoms. The molecule has 0 fully saturated rings. The molecule has 2 N–H and O–H groups in total. The van der Waals surface area contributed by atoms with Crippen LogP contribution in [0.15, 0.2) is 17.4 Å². The lowest BCUT2D eigenvalue weighted by molar-refractivity contribution is 0.102. The first-order chi connectivity index (χ1) is 10.9. The molecule has 0 amide bonds. The van der Waals surface area contributed by atoms with Crippen molar-refractivity contribution < 1.29 is 13.9 Å². The Labute approximate surface area is 138 Å². The summed E-state index contributed by atoms with van der Waals surface area (Å²) >= 11 is 1.14. The summed E-state index contributed by atoms with van der Waals surface area (Å²) in [7, 11) is 1.64. The minimum absolute atomic E-state index is 0.0294. The van der Waals surface area contributed by atoms with Crippen molar-refractivity contribution in [1.82, 2.24) is 14.5 Å². The van der Waals surface area contributed by atoms with Crippen molar-refractivity contribution in [3.8, 4) is 0 Å². The maximum atomic E-state index is 13.0. The van der Waals surface area contributed by atoms with E-state index < -0.39 is 5.82 Å². The van der Waals surface area contributed by atoms with Gasteiger partial charge in [-0.05, 0) is 19.9 Å². The molecular weight excluding hydrogens is 319 g/mol. The zero-order chi connectivity index (χ0) is 17.0. The molecule has 0 aromatic carbocycles. The molecule has 23 heavy (non-hydrogen) atoms. The van der Waals surface area contributed by atoms with Crippen LogP contribution in [-0.2, 0) is 11.3 Å². The van der Waals surface area contributed by atoms with Gasteiger partial charge in [-0.15, -0.1) is 0 Å². The highest BCUT2D eigenvalue weighted by Gasteiger charge is 2.16. The topological polar surface area (TPSA) is 83.0 Å². The number of hydrogen-bond acceptors (Lipinski definition) is 6. The quantitative estimate of drug-likeness (QED) is 0.473. The Bertz CT molecular complexity index is 718. The predicted octanol–water partition coefficient (Wildman–Crippen LogP) is 2.24. The monoisotopic (exact) mass is 338 g/mol. The van der Waals surface area contributed by atoms with Gasteiger partial charge in [-0.1, -0.05) is 11.8 Å². The molecule has 2 rings (SSSR count). The molecule has 0 radical (unpaired) electrons. The zero-order valence-corrected chi connectivity index (χ0v) is 14.1. The SMILES string of the molecule is COCCn1c(C)cc(C(=O)CSc2ncc(F)c(N)n2)c1C. The highest BCUT2D eigenvalue weighted by atomic mass is 32.2. The normalized spacial score (nSPS) is 11.0. The number of nitrogens with two attached hydrogens (primary N) is 1. The lowest BCUT2D eigenvalue weighted by atomic mass is 10.2. The molecule has 0 atom stereocenters. The highest BCUT2D eigenvalue weighted by Crippen LogP contribution is 2.20. The van der Waals surface area contributed by atoms with Gasteiger partial charge in [0.2, 0.25) is 0 Å². The summed E-state index contributed by atoms with van der Waals surface area (Å²) < 4.78 is 20.2. The Morgan fingerprint density at radius 3 is 2.87 bits per heavy atom. The van der Waals surface area contributed by atoms with Crippen LogP contribution in [0.5, 0.6) is 0 Å². The molecular formula is C15H19FN4O2S. The van der Waals surface area contributed by atoms with Crippen molar-refractivity contribution in [2.24, 2.45) is 0 Å². The number of ketones is 1. The number of aromatic nitrogens is 3. The largest absolute Gasteiger partial charge is 0.383 e. The van der Waals surface area contributed by atoms with E-state index in [0.717, 1.165) is 29.3 Å². The maximum Gasteiger partial charge on any atom is 0.190 e.